The molecule has 2 aromatic rings. The first-order chi connectivity index (χ1) is 6.84. The molecular formula is C10H9BrN2O. The molecule has 0 spiro atoms. The van der Waals surface area contributed by atoms with Gasteiger partial charge in [-0.25, -0.2) is 0 Å². The number of halogens is 1. The Labute approximate surface area is 90.2 Å². The lowest BCUT2D eigenvalue weighted by Gasteiger charge is -2.02. The van der Waals surface area contributed by atoms with Crippen molar-refractivity contribution in [3.05, 3.63) is 46.6 Å². The van der Waals surface area contributed by atoms with Crippen molar-refractivity contribution >= 4 is 21.7 Å². The molecule has 72 valence electrons. The molecule has 4 heteroatoms. The molecule has 1 aromatic heterocycles. The second-order valence-electron chi connectivity index (χ2n) is 2.87. The van der Waals surface area contributed by atoms with Crippen LogP contribution in [0.3, 0.4) is 0 Å². The third-order valence-corrected chi connectivity index (χ3v) is 2.29. The third kappa shape index (κ3) is 2.35. The predicted molar refractivity (Wildman–Crippen MR) is 58.0 cm³/mol. The highest BCUT2D eigenvalue weighted by molar-refractivity contribution is 9.10. The molecule has 0 amide bonds. The van der Waals surface area contributed by atoms with E-state index in [-0.39, 0.29) is 0 Å². The van der Waals surface area contributed by atoms with Gasteiger partial charge >= 0.3 is 0 Å². The summed E-state index contributed by atoms with van der Waals surface area (Å²) in [4.78, 5) is 0. The summed E-state index contributed by atoms with van der Waals surface area (Å²) in [6.45, 7) is 0.742. The number of aromatic nitrogens is 1. The van der Waals surface area contributed by atoms with Crippen LogP contribution in [-0.4, -0.2) is 5.16 Å². The fraction of sp³-hybridized carbons (Fsp3) is 0.100. The molecule has 0 unspecified atom stereocenters. The van der Waals surface area contributed by atoms with Crippen LogP contribution in [0.1, 0.15) is 5.56 Å². The van der Waals surface area contributed by atoms with Gasteiger partial charge in [0, 0.05) is 17.1 Å². The second kappa shape index (κ2) is 4.28. The quantitative estimate of drug-likeness (QED) is 0.913. The Morgan fingerprint density at radius 1 is 1.36 bits per heavy atom. The maximum Gasteiger partial charge on any atom is 0.169 e. The van der Waals surface area contributed by atoms with E-state index in [2.05, 4.69) is 38.5 Å². The van der Waals surface area contributed by atoms with Crippen LogP contribution in [0, 0.1) is 0 Å². The highest BCUT2D eigenvalue weighted by Gasteiger charge is 1.96. The zero-order valence-electron chi connectivity index (χ0n) is 7.40. The lowest BCUT2D eigenvalue weighted by atomic mass is 10.2. The van der Waals surface area contributed by atoms with Gasteiger partial charge in [-0.1, -0.05) is 33.2 Å². The molecule has 1 heterocycles. The van der Waals surface area contributed by atoms with E-state index in [4.69, 9.17) is 4.52 Å². The van der Waals surface area contributed by atoms with Gasteiger partial charge in [-0.05, 0) is 17.7 Å². The van der Waals surface area contributed by atoms with Gasteiger partial charge in [-0.2, -0.15) is 0 Å². The normalized spacial score (nSPS) is 10.1. The minimum absolute atomic E-state index is 0.742. The van der Waals surface area contributed by atoms with Gasteiger partial charge < -0.3 is 9.84 Å². The molecule has 0 aliphatic carbocycles. The van der Waals surface area contributed by atoms with Crippen molar-refractivity contribution in [2.24, 2.45) is 0 Å². The van der Waals surface area contributed by atoms with Crippen molar-refractivity contribution in [1.82, 2.24) is 5.16 Å². The van der Waals surface area contributed by atoms with Crippen molar-refractivity contribution in [3.63, 3.8) is 0 Å². The van der Waals surface area contributed by atoms with Crippen molar-refractivity contribution < 1.29 is 4.52 Å². The summed E-state index contributed by atoms with van der Waals surface area (Å²) in [5.41, 5.74) is 1.20. The number of rotatable bonds is 3. The predicted octanol–water partition coefficient (Wildman–Crippen LogP) is 3.05. The molecule has 0 radical (unpaired) electrons. The van der Waals surface area contributed by atoms with Gasteiger partial charge in [-0.15, -0.1) is 0 Å². The number of hydrogen-bond donors (Lipinski definition) is 1. The van der Waals surface area contributed by atoms with E-state index in [1.807, 2.05) is 12.1 Å². The van der Waals surface area contributed by atoms with Crippen LogP contribution in [0.15, 0.2) is 45.6 Å². The molecule has 0 fully saturated rings. The smallest absolute Gasteiger partial charge is 0.169 e. The second-order valence-corrected chi connectivity index (χ2v) is 3.78. The van der Waals surface area contributed by atoms with Crippen molar-refractivity contribution in [2.45, 2.75) is 6.54 Å². The molecule has 0 atom stereocenters. The maximum absolute atomic E-state index is 4.70. The van der Waals surface area contributed by atoms with Gasteiger partial charge in [-0.3, -0.25) is 0 Å². The summed E-state index contributed by atoms with van der Waals surface area (Å²) in [7, 11) is 0. The van der Waals surface area contributed by atoms with Gasteiger partial charge in [0.15, 0.2) is 5.82 Å². The van der Waals surface area contributed by atoms with Crippen molar-refractivity contribution in [3.8, 4) is 0 Å². The van der Waals surface area contributed by atoms with Crippen LogP contribution in [0.4, 0.5) is 5.82 Å². The molecule has 0 bridgehead atoms. The standard InChI is InChI=1S/C10H9BrN2O/c11-9-3-1-2-8(6-9)7-12-10-4-5-14-13-10/h1-6H,7H2,(H,12,13). The summed E-state index contributed by atoms with van der Waals surface area (Å²) in [5.74, 6) is 0.755. The molecule has 0 aliphatic heterocycles. The first-order valence-corrected chi connectivity index (χ1v) is 5.02. The van der Waals surface area contributed by atoms with Gasteiger partial charge in [0.1, 0.15) is 6.26 Å². The average Bonchev–Trinajstić information content (AvgIpc) is 2.67. The fourth-order valence-electron chi connectivity index (χ4n) is 1.14. The number of nitrogens with zero attached hydrogens (tertiary/aromatic N) is 1. The molecule has 1 N–H and O–H groups in total. The van der Waals surface area contributed by atoms with Crippen LogP contribution in [-0.2, 0) is 6.54 Å². The zero-order chi connectivity index (χ0) is 9.80. The number of anilines is 1. The van der Waals surface area contributed by atoms with Gasteiger partial charge in [0.05, 0.1) is 0 Å². The summed E-state index contributed by atoms with van der Waals surface area (Å²) >= 11 is 3.42. The van der Waals surface area contributed by atoms with Crippen molar-refractivity contribution in [2.75, 3.05) is 5.32 Å². The van der Waals surface area contributed by atoms with Crippen LogP contribution in [0.2, 0.25) is 0 Å². The third-order valence-electron chi connectivity index (χ3n) is 1.80. The topological polar surface area (TPSA) is 38.1 Å². The highest BCUT2D eigenvalue weighted by Crippen LogP contribution is 2.12. The summed E-state index contributed by atoms with van der Waals surface area (Å²) in [5, 5.41) is 6.90. The fourth-order valence-corrected chi connectivity index (χ4v) is 1.59. The minimum atomic E-state index is 0.742. The maximum atomic E-state index is 4.70. The largest absolute Gasteiger partial charge is 0.363 e. The Kier molecular flexibility index (Phi) is 2.84. The van der Waals surface area contributed by atoms with E-state index in [0.29, 0.717) is 0 Å². The van der Waals surface area contributed by atoms with Crippen LogP contribution in [0.25, 0.3) is 0 Å². The Morgan fingerprint density at radius 2 is 2.29 bits per heavy atom. The van der Waals surface area contributed by atoms with E-state index in [1.54, 1.807) is 12.3 Å². The molecule has 0 saturated carbocycles. The Hall–Kier alpha value is -1.29. The highest BCUT2D eigenvalue weighted by atomic mass is 79.9. The molecule has 0 saturated heterocycles. The monoisotopic (exact) mass is 252 g/mol. The number of nitrogens with one attached hydrogen (secondary N) is 1. The SMILES string of the molecule is Brc1cccc(CNc2ccon2)c1. The van der Waals surface area contributed by atoms with Crippen LogP contribution in [0.5, 0.6) is 0 Å². The summed E-state index contributed by atoms with van der Waals surface area (Å²) < 4.78 is 5.79. The van der Waals surface area contributed by atoms with E-state index >= 15 is 0 Å². The van der Waals surface area contributed by atoms with Crippen LogP contribution >= 0.6 is 15.9 Å². The van der Waals surface area contributed by atoms with Crippen molar-refractivity contribution in [1.29, 1.82) is 0 Å². The van der Waals surface area contributed by atoms with E-state index in [0.717, 1.165) is 16.8 Å². The van der Waals surface area contributed by atoms with E-state index < -0.39 is 0 Å². The molecule has 1 aromatic carbocycles. The summed E-state index contributed by atoms with van der Waals surface area (Å²) in [6.07, 6.45) is 1.54. The summed E-state index contributed by atoms with van der Waals surface area (Å²) in [6, 6.07) is 9.91. The molecule has 0 aliphatic rings. The minimum Gasteiger partial charge on any atom is -0.363 e. The lowest BCUT2D eigenvalue weighted by molar-refractivity contribution is 0.422. The average molecular weight is 253 g/mol. The van der Waals surface area contributed by atoms with E-state index in [1.165, 1.54) is 5.56 Å². The number of benzene rings is 1. The molecule has 3 nitrogen and oxygen atoms in total. The Balaban J connectivity index is 1.98. The van der Waals surface area contributed by atoms with Gasteiger partial charge in [0.25, 0.3) is 0 Å². The zero-order valence-corrected chi connectivity index (χ0v) is 8.99. The van der Waals surface area contributed by atoms with Gasteiger partial charge in [0.2, 0.25) is 0 Å². The first kappa shape index (κ1) is 9.27. The Bertz CT molecular complexity index is 400. The number of hydrogen-bond acceptors (Lipinski definition) is 3. The first-order valence-electron chi connectivity index (χ1n) is 4.23. The Morgan fingerprint density at radius 3 is 3.00 bits per heavy atom. The molecule has 2 rings (SSSR count). The molecule has 14 heavy (non-hydrogen) atoms. The van der Waals surface area contributed by atoms with Crippen LogP contribution < -0.4 is 5.32 Å². The lowest BCUT2D eigenvalue weighted by Crippen LogP contribution is -1.98. The van der Waals surface area contributed by atoms with E-state index in [9.17, 15) is 0 Å². The molecular weight excluding hydrogens is 244 g/mol.